The summed E-state index contributed by atoms with van der Waals surface area (Å²) >= 11 is 1.48. The van der Waals surface area contributed by atoms with Crippen LogP contribution in [0.25, 0.3) is 4.96 Å². The molecule has 5 nitrogen and oxygen atoms in total. The van der Waals surface area contributed by atoms with E-state index in [1.165, 1.54) is 11.3 Å². The maximum Gasteiger partial charge on any atom is 0.274 e. The van der Waals surface area contributed by atoms with Gasteiger partial charge in [-0.1, -0.05) is 41.7 Å². The van der Waals surface area contributed by atoms with Crippen molar-refractivity contribution in [2.24, 2.45) is 0 Å². The Kier molecular flexibility index (Phi) is 3.23. The molecule has 2 heterocycles. The normalized spacial score (nSPS) is 10.9. The van der Waals surface area contributed by atoms with Crippen LogP contribution < -0.4 is 0 Å². The quantitative estimate of drug-likeness (QED) is 0.742. The molecular formula is C14H14N4OS. The molecule has 3 rings (SSSR count). The molecule has 0 N–H and O–H groups in total. The second kappa shape index (κ2) is 5.05. The van der Waals surface area contributed by atoms with Crippen molar-refractivity contribution in [3.05, 3.63) is 52.8 Å². The Balaban J connectivity index is 1.79. The van der Waals surface area contributed by atoms with Crippen LogP contribution in [-0.4, -0.2) is 32.5 Å². The zero-order valence-corrected chi connectivity index (χ0v) is 12.1. The van der Waals surface area contributed by atoms with E-state index in [4.69, 9.17) is 0 Å². The molecular weight excluding hydrogens is 272 g/mol. The van der Waals surface area contributed by atoms with Crippen LogP contribution in [0.3, 0.4) is 0 Å². The number of aromatic nitrogens is 3. The van der Waals surface area contributed by atoms with Crippen molar-refractivity contribution in [3.63, 3.8) is 0 Å². The molecule has 0 bridgehead atoms. The summed E-state index contributed by atoms with van der Waals surface area (Å²) in [5.74, 6) is -0.0933. The molecule has 20 heavy (non-hydrogen) atoms. The number of carbonyl (C=O) groups excluding carboxylic acids is 1. The van der Waals surface area contributed by atoms with Gasteiger partial charge in [0.25, 0.3) is 5.91 Å². The standard InChI is InChI=1S/C14H14N4OS/c1-10-16-18-9-12(15-14(18)20-10)13(19)17(2)8-11-6-4-3-5-7-11/h3-7,9H,8H2,1-2H3. The van der Waals surface area contributed by atoms with Crippen molar-refractivity contribution in [3.8, 4) is 0 Å². The van der Waals surface area contributed by atoms with Crippen LogP contribution in [0.1, 0.15) is 21.1 Å². The van der Waals surface area contributed by atoms with E-state index in [9.17, 15) is 4.79 Å². The molecule has 0 aliphatic heterocycles. The lowest BCUT2D eigenvalue weighted by Gasteiger charge is -2.15. The van der Waals surface area contributed by atoms with Crippen LogP contribution in [0.15, 0.2) is 36.5 Å². The Morgan fingerprint density at radius 3 is 2.80 bits per heavy atom. The van der Waals surface area contributed by atoms with Crippen molar-refractivity contribution >= 4 is 22.2 Å². The van der Waals surface area contributed by atoms with E-state index in [-0.39, 0.29) is 5.91 Å². The number of hydrogen-bond acceptors (Lipinski definition) is 4. The van der Waals surface area contributed by atoms with Gasteiger partial charge in [-0.15, -0.1) is 0 Å². The van der Waals surface area contributed by atoms with Crippen molar-refractivity contribution < 1.29 is 4.79 Å². The fourth-order valence-electron chi connectivity index (χ4n) is 2.03. The number of aryl methyl sites for hydroxylation is 1. The first-order chi connectivity index (χ1) is 9.63. The fourth-order valence-corrected chi connectivity index (χ4v) is 2.75. The van der Waals surface area contributed by atoms with Crippen molar-refractivity contribution in [1.82, 2.24) is 19.5 Å². The third-order valence-corrected chi connectivity index (χ3v) is 3.81. The first-order valence-corrected chi connectivity index (χ1v) is 7.07. The van der Waals surface area contributed by atoms with E-state index in [2.05, 4.69) is 10.1 Å². The molecule has 0 radical (unpaired) electrons. The van der Waals surface area contributed by atoms with E-state index >= 15 is 0 Å². The summed E-state index contributed by atoms with van der Waals surface area (Å²) < 4.78 is 1.66. The van der Waals surface area contributed by atoms with Gasteiger partial charge in [-0.05, 0) is 12.5 Å². The largest absolute Gasteiger partial charge is 0.336 e. The van der Waals surface area contributed by atoms with Gasteiger partial charge < -0.3 is 4.90 Å². The highest BCUT2D eigenvalue weighted by Crippen LogP contribution is 2.15. The van der Waals surface area contributed by atoms with E-state index in [0.717, 1.165) is 15.5 Å². The van der Waals surface area contributed by atoms with Gasteiger partial charge in [0.1, 0.15) is 10.7 Å². The summed E-state index contributed by atoms with van der Waals surface area (Å²) in [6.07, 6.45) is 1.68. The number of imidazole rings is 1. The summed E-state index contributed by atoms with van der Waals surface area (Å²) in [5.41, 5.74) is 1.53. The summed E-state index contributed by atoms with van der Waals surface area (Å²) in [5, 5.41) is 5.20. The van der Waals surface area contributed by atoms with E-state index in [0.29, 0.717) is 12.2 Å². The molecule has 6 heteroatoms. The molecule has 0 atom stereocenters. The van der Waals surface area contributed by atoms with Gasteiger partial charge in [-0.25, -0.2) is 9.50 Å². The zero-order chi connectivity index (χ0) is 14.1. The topological polar surface area (TPSA) is 50.5 Å². The van der Waals surface area contributed by atoms with E-state index in [1.807, 2.05) is 37.3 Å². The minimum absolute atomic E-state index is 0.0933. The first-order valence-electron chi connectivity index (χ1n) is 6.25. The monoisotopic (exact) mass is 286 g/mol. The Labute approximate surface area is 120 Å². The number of rotatable bonds is 3. The number of amides is 1. The molecule has 0 unspecified atom stereocenters. The molecule has 2 aromatic heterocycles. The van der Waals surface area contributed by atoms with Crippen LogP contribution >= 0.6 is 11.3 Å². The van der Waals surface area contributed by atoms with Gasteiger partial charge in [-0.3, -0.25) is 4.79 Å². The second-order valence-electron chi connectivity index (χ2n) is 4.62. The highest BCUT2D eigenvalue weighted by Gasteiger charge is 2.17. The van der Waals surface area contributed by atoms with Crippen molar-refractivity contribution in [2.45, 2.75) is 13.5 Å². The summed E-state index contributed by atoms with van der Waals surface area (Å²) in [6.45, 7) is 2.49. The van der Waals surface area contributed by atoms with Crippen LogP contribution in [0, 0.1) is 6.92 Å². The molecule has 0 saturated heterocycles. The molecule has 0 spiro atoms. The van der Waals surface area contributed by atoms with E-state index in [1.54, 1.807) is 22.7 Å². The number of carbonyl (C=O) groups is 1. The predicted molar refractivity (Wildman–Crippen MR) is 77.8 cm³/mol. The zero-order valence-electron chi connectivity index (χ0n) is 11.3. The van der Waals surface area contributed by atoms with Gasteiger partial charge in [0.15, 0.2) is 0 Å². The molecule has 102 valence electrons. The number of benzene rings is 1. The SMILES string of the molecule is Cc1nn2cc(C(=O)N(C)Cc3ccccc3)nc2s1. The molecule has 0 aliphatic rings. The molecule has 1 amide bonds. The highest BCUT2D eigenvalue weighted by molar-refractivity contribution is 7.16. The summed E-state index contributed by atoms with van der Waals surface area (Å²) in [6, 6.07) is 9.89. The Morgan fingerprint density at radius 2 is 2.10 bits per heavy atom. The molecule has 1 aromatic carbocycles. The van der Waals surface area contributed by atoms with Gasteiger partial charge >= 0.3 is 0 Å². The van der Waals surface area contributed by atoms with Gasteiger partial charge in [0.2, 0.25) is 4.96 Å². The maximum absolute atomic E-state index is 12.3. The number of fused-ring (bicyclic) bond motifs is 1. The predicted octanol–water partition coefficient (Wildman–Crippen LogP) is 2.37. The Hall–Kier alpha value is -2.21. The third kappa shape index (κ3) is 2.42. The molecule has 0 aliphatic carbocycles. The fraction of sp³-hybridized carbons (Fsp3) is 0.214. The van der Waals surface area contributed by atoms with E-state index < -0.39 is 0 Å². The lowest BCUT2D eigenvalue weighted by Crippen LogP contribution is -2.26. The minimum atomic E-state index is -0.0933. The first kappa shape index (κ1) is 12.8. The van der Waals surface area contributed by atoms with Gasteiger partial charge in [0.05, 0.1) is 6.20 Å². The lowest BCUT2D eigenvalue weighted by molar-refractivity contribution is 0.0780. The van der Waals surface area contributed by atoms with Gasteiger partial charge in [0, 0.05) is 13.6 Å². The molecule has 0 saturated carbocycles. The summed E-state index contributed by atoms with van der Waals surface area (Å²) in [7, 11) is 1.78. The Morgan fingerprint density at radius 1 is 1.35 bits per heavy atom. The minimum Gasteiger partial charge on any atom is -0.336 e. The second-order valence-corrected chi connectivity index (χ2v) is 5.78. The average molecular weight is 286 g/mol. The lowest BCUT2D eigenvalue weighted by atomic mass is 10.2. The number of hydrogen-bond donors (Lipinski definition) is 0. The van der Waals surface area contributed by atoms with Crippen LogP contribution in [0.5, 0.6) is 0 Å². The van der Waals surface area contributed by atoms with Crippen molar-refractivity contribution in [1.29, 1.82) is 0 Å². The molecule has 0 fully saturated rings. The number of nitrogens with zero attached hydrogens (tertiary/aromatic N) is 4. The average Bonchev–Trinajstić information content (AvgIpc) is 2.96. The Bertz CT molecular complexity index is 715. The van der Waals surface area contributed by atoms with Crippen LogP contribution in [-0.2, 0) is 6.54 Å². The third-order valence-electron chi connectivity index (χ3n) is 2.97. The van der Waals surface area contributed by atoms with Gasteiger partial charge in [-0.2, -0.15) is 5.10 Å². The van der Waals surface area contributed by atoms with Crippen molar-refractivity contribution in [2.75, 3.05) is 7.05 Å². The molecule has 3 aromatic rings. The van der Waals surface area contributed by atoms with Crippen LogP contribution in [0.4, 0.5) is 0 Å². The smallest absolute Gasteiger partial charge is 0.274 e. The highest BCUT2D eigenvalue weighted by atomic mass is 32.1. The maximum atomic E-state index is 12.3. The summed E-state index contributed by atoms with van der Waals surface area (Å²) in [4.78, 5) is 19.1. The van der Waals surface area contributed by atoms with Crippen LogP contribution in [0.2, 0.25) is 0 Å².